The molecule has 2 heterocycles. The zero-order valence-corrected chi connectivity index (χ0v) is 16.5. The number of aryl methyl sites for hydroxylation is 4. The summed E-state index contributed by atoms with van der Waals surface area (Å²) in [6, 6.07) is 5.94. The number of rotatable bonds is 8. The highest BCUT2D eigenvalue weighted by Crippen LogP contribution is 2.19. The van der Waals surface area contributed by atoms with Crippen LogP contribution in [0.15, 0.2) is 36.8 Å². The van der Waals surface area contributed by atoms with Gasteiger partial charge in [0.05, 0.1) is 23.0 Å². The lowest BCUT2D eigenvalue weighted by molar-refractivity contribution is -0.385. The number of nitro groups is 1. The molecule has 0 fully saturated rings. The minimum absolute atomic E-state index is 0.0597. The van der Waals surface area contributed by atoms with Gasteiger partial charge in [0.25, 0.3) is 0 Å². The van der Waals surface area contributed by atoms with Gasteiger partial charge in [-0.2, -0.15) is 10.2 Å². The molecule has 0 saturated carbocycles. The van der Waals surface area contributed by atoms with Crippen LogP contribution in [0.3, 0.4) is 0 Å². The molecule has 1 amide bonds. The van der Waals surface area contributed by atoms with Gasteiger partial charge in [-0.15, -0.1) is 0 Å². The standard InChI is InChI=1S/C19H22N6O4/c1-13-4-5-18(14(2)8-13)29-12-24-10-16(9-20-24)21-19(26)6-7-23-11-17(25(27)28)15(3)22-23/h4-5,8-11H,6-7,12H2,1-3H3,(H,21,26). The molecule has 10 heteroatoms. The topological polar surface area (TPSA) is 117 Å². The highest BCUT2D eigenvalue weighted by atomic mass is 16.6. The molecular weight excluding hydrogens is 376 g/mol. The molecule has 0 aliphatic carbocycles. The van der Waals surface area contributed by atoms with E-state index in [-0.39, 0.29) is 31.3 Å². The molecule has 0 unspecified atom stereocenters. The second-order valence-corrected chi connectivity index (χ2v) is 6.73. The van der Waals surface area contributed by atoms with Crippen molar-refractivity contribution in [2.45, 2.75) is 40.5 Å². The maximum absolute atomic E-state index is 12.1. The lowest BCUT2D eigenvalue weighted by Crippen LogP contribution is -2.14. The first-order chi connectivity index (χ1) is 13.8. The average Bonchev–Trinajstić information content (AvgIpc) is 3.25. The molecule has 1 aromatic carbocycles. The first-order valence-electron chi connectivity index (χ1n) is 9.02. The summed E-state index contributed by atoms with van der Waals surface area (Å²) in [7, 11) is 0. The Balaban J connectivity index is 1.49. The van der Waals surface area contributed by atoms with Crippen LogP contribution >= 0.6 is 0 Å². The molecule has 0 radical (unpaired) electrons. The summed E-state index contributed by atoms with van der Waals surface area (Å²) >= 11 is 0. The lowest BCUT2D eigenvalue weighted by Gasteiger charge is -2.09. The van der Waals surface area contributed by atoms with E-state index in [1.54, 1.807) is 17.8 Å². The Kier molecular flexibility index (Phi) is 5.91. The van der Waals surface area contributed by atoms with Gasteiger partial charge in [0, 0.05) is 13.0 Å². The van der Waals surface area contributed by atoms with Crippen molar-refractivity contribution in [3.63, 3.8) is 0 Å². The summed E-state index contributed by atoms with van der Waals surface area (Å²) in [5.74, 6) is 0.538. The first kappa shape index (κ1) is 20.1. The van der Waals surface area contributed by atoms with Gasteiger partial charge in [-0.1, -0.05) is 17.7 Å². The van der Waals surface area contributed by atoms with E-state index in [2.05, 4.69) is 15.5 Å². The molecule has 0 aliphatic rings. The summed E-state index contributed by atoms with van der Waals surface area (Å²) < 4.78 is 8.73. The summed E-state index contributed by atoms with van der Waals surface area (Å²) in [5.41, 5.74) is 3.01. The maximum Gasteiger partial charge on any atom is 0.309 e. The fourth-order valence-electron chi connectivity index (χ4n) is 2.84. The van der Waals surface area contributed by atoms with E-state index < -0.39 is 4.92 Å². The number of carbonyl (C=O) groups excluding carboxylic acids is 1. The number of nitrogens with zero attached hydrogens (tertiary/aromatic N) is 5. The number of anilines is 1. The van der Waals surface area contributed by atoms with Crippen molar-refractivity contribution >= 4 is 17.3 Å². The summed E-state index contributed by atoms with van der Waals surface area (Å²) in [5, 5.41) is 21.8. The van der Waals surface area contributed by atoms with Gasteiger partial charge in [-0.3, -0.25) is 19.6 Å². The lowest BCUT2D eigenvalue weighted by atomic mass is 10.1. The largest absolute Gasteiger partial charge is 0.471 e. The highest BCUT2D eigenvalue weighted by Gasteiger charge is 2.15. The summed E-state index contributed by atoms with van der Waals surface area (Å²) in [6.45, 7) is 6.02. The number of hydrogen-bond donors (Lipinski definition) is 1. The molecule has 0 saturated heterocycles. The molecule has 0 spiro atoms. The molecule has 3 aromatic rings. The Hall–Kier alpha value is -3.69. The van der Waals surface area contributed by atoms with Crippen molar-refractivity contribution in [3.05, 3.63) is 63.7 Å². The minimum Gasteiger partial charge on any atom is -0.471 e. The molecule has 2 aromatic heterocycles. The Morgan fingerprint density at radius 3 is 2.72 bits per heavy atom. The van der Waals surface area contributed by atoms with Crippen LogP contribution in [0.1, 0.15) is 23.2 Å². The Morgan fingerprint density at radius 1 is 1.24 bits per heavy atom. The number of aromatic nitrogens is 4. The molecule has 10 nitrogen and oxygen atoms in total. The van der Waals surface area contributed by atoms with Crippen molar-refractivity contribution in [2.24, 2.45) is 0 Å². The molecule has 29 heavy (non-hydrogen) atoms. The quantitative estimate of drug-likeness (QED) is 0.460. The van der Waals surface area contributed by atoms with Gasteiger partial charge in [-0.05, 0) is 32.4 Å². The van der Waals surface area contributed by atoms with Crippen LogP contribution in [0.5, 0.6) is 5.75 Å². The highest BCUT2D eigenvalue weighted by molar-refractivity contribution is 5.90. The van der Waals surface area contributed by atoms with Crippen molar-refractivity contribution < 1.29 is 14.5 Å². The van der Waals surface area contributed by atoms with E-state index in [1.165, 1.54) is 22.6 Å². The van der Waals surface area contributed by atoms with Gasteiger partial charge in [-0.25, -0.2) is 4.68 Å². The molecule has 152 valence electrons. The normalized spacial score (nSPS) is 10.7. The fourth-order valence-corrected chi connectivity index (χ4v) is 2.84. The second kappa shape index (κ2) is 8.55. The third kappa shape index (κ3) is 5.18. The summed E-state index contributed by atoms with van der Waals surface area (Å²) in [6.07, 6.45) is 4.66. The second-order valence-electron chi connectivity index (χ2n) is 6.73. The van der Waals surface area contributed by atoms with E-state index in [0.29, 0.717) is 11.4 Å². The number of ether oxygens (including phenoxy) is 1. The molecule has 0 aliphatic heterocycles. The van der Waals surface area contributed by atoms with Crippen LogP contribution < -0.4 is 10.1 Å². The van der Waals surface area contributed by atoms with Gasteiger partial charge in [0.2, 0.25) is 5.91 Å². The van der Waals surface area contributed by atoms with Crippen LogP contribution in [-0.2, 0) is 18.1 Å². The van der Waals surface area contributed by atoms with Crippen LogP contribution in [0.4, 0.5) is 11.4 Å². The molecule has 0 atom stereocenters. The zero-order chi connectivity index (χ0) is 21.0. The fraction of sp³-hybridized carbons (Fsp3) is 0.316. The van der Waals surface area contributed by atoms with E-state index in [1.807, 2.05) is 32.0 Å². The zero-order valence-electron chi connectivity index (χ0n) is 16.5. The Labute approximate surface area is 167 Å². The minimum atomic E-state index is -0.493. The first-order valence-corrected chi connectivity index (χ1v) is 9.02. The van der Waals surface area contributed by atoms with E-state index in [0.717, 1.165) is 11.3 Å². The third-order valence-electron chi connectivity index (χ3n) is 4.28. The van der Waals surface area contributed by atoms with Crippen LogP contribution in [0.2, 0.25) is 0 Å². The molecule has 3 rings (SSSR count). The van der Waals surface area contributed by atoms with Crippen molar-refractivity contribution in [2.75, 3.05) is 5.32 Å². The Bertz CT molecular complexity index is 1040. The van der Waals surface area contributed by atoms with Crippen LogP contribution in [0.25, 0.3) is 0 Å². The number of nitrogens with one attached hydrogen (secondary N) is 1. The third-order valence-corrected chi connectivity index (χ3v) is 4.28. The number of benzene rings is 1. The average molecular weight is 398 g/mol. The van der Waals surface area contributed by atoms with Gasteiger partial charge in [0.15, 0.2) is 6.73 Å². The number of carbonyl (C=O) groups is 1. The Morgan fingerprint density at radius 2 is 2.03 bits per heavy atom. The van der Waals surface area contributed by atoms with Gasteiger partial charge < -0.3 is 10.1 Å². The van der Waals surface area contributed by atoms with E-state index in [4.69, 9.17) is 4.74 Å². The van der Waals surface area contributed by atoms with Gasteiger partial charge >= 0.3 is 5.69 Å². The smallest absolute Gasteiger partial charge is 0.309 e. The number of amides is 1. The van der Waals surface area contributed by atoms with E-state index >= 15 is 0 Å². The van der Waals surface area contributed by atoms with E-state index in [9.17, 15) is 14.9 Å². The van der Waals surface area contributed by atoms with Crippen molar-refractivity contribution in [3.8, 4) is 5.75 Å². The van der Waals surface area contributed by atoms with Crippen molar-refractivity contribution in [1.29, 1.82) is 0 Å². The monoisotopic (exact) mass is 398 g/mol. The predicted molar refractivity (Wildman–Crippen MR) is 106 cm³/mol. The number of hydrogen-bond acceptors (Lipinski definition) is 6. The molecule has 0 bridgehead atoms. The van der Waals surface area contributed by atoms with Crippen LogP contribution in [0, 0.1) is 30.9 Å². The maximum atomic E-state index is 12.1. The van der Waals surface area contributed by atoms with Gasteiger partial charge in [0.1, 0.15) is 17.6 Å². The SMILES string of the molecule is Cc1ccc(OCn2cc(NC(=O)CCn3cc([N+](=O)[O-])c(C)n3)cn2)c(C)c1. The van der Waals surface area contributed by atoms with Crippen LogP contribution in [-0.4, -0.2) is 30.4 Å². The molecule has 1 N–H and O–H groups in total. The summed E-state index contributed by atoms with van der Waals surface area (Å²) in [4.78, 5) is 22.5. The predicted octanol–water partition coefficient (Wildman–Crippen LogP) is 2.98. The molecular formula is C19H22N6O4. The van der Waals surface area contributed by atoms with Crippen molar-refractivity contribution in [1.82, 2.24) is 19.6 Å².